The van der Waals surface area contributed by atoms with Gasteiger partial charge >= 0.3 is 0 Å². The number of anilines is 1. The van der Waals surface area contributed by atoms with Crippen molar-refractivity contribution in [3.8, 4) is 5.75 Å². The number of aliphatic hydroxyl groups excluding tert-OH is 1. The van der Waals surface area contributed by atoms with E-state index in [1.165, 1.54) is 0 Å². The number of aryl methyl sites for hydroxylation is 1. The Morgan fingerprint density at radius 1 is 1.53 bits per heavy atom. The van der Waals surface area contributed by atoms with Crippen LogP contribution in [0.25, 0.3) is 0 Å². The summed E-state index contributed by atoms with van der Waals surface area (Å²) in [7, 11) is 0. The van der Waals surface area contributed by atoms with Crippen molar-refractivity contribution in [2.75, 3.05) is 18.1 Å². The van der Waals surface area contributed by atoms with Gasteiger partial charge in [0.2, 0.25) is 0 Å². The topological polar surface area (TPSA) is 68.4 Å². The summed E-state index contributed by atoms with van der Waals surface area (Å²) in [6.07, 6.45) is -0.532. The quantitative estimate of drug-likeness (QED) is 0.633. The molecule has 3 N–H and O–H groups in total. The SMILES string of the molecule is Cc1csc(SCC(O)COc2cccc(N)c2)n1. The lowest BCUT2D eigenvalue weighted by Crippen LogP contribution is -2.20. The monoisotopic (exact) mass is 296 g/mol. The fraction of sp³-hybridized carbons (Fsp3) is 0.308. The standard InChI is InChI=1S/C13H16N2O2S2/c1-9-7-18-13(15-9)19-8-11(16)6-17-12-4-2-3-10(14)5-12/h2-5,7,11,16H,6,8,14H2,1H3. The van der Waals surface area contributed by atoms with Crippen LogP contribution >= 0.6 is 23.1 Å². The van der Waals surface area contributed by atoms with Gasteiger partial charge in [-0.1, -0.05) is 17.8 Å². The third-order valence-corrected chi connectivity index (χ3v) is 4.58. The number of thioether (sulfide) groups is 1. The van der Waals surface area contributed by atoms with Crippen LogP contribution in [0.2, 0.25) is 0 Å². The van der Waals surface area contributed by atoms with Crippen molar-refractivity contribution in [1.29, 1.82) is 0 Å². The van der Waals surface area contributed by atoms with E-state index in [0.29, 0.717) is 17.2 Å². The lowest BCUT2D eigenvalue weighted by atomic mass is 10.3. The lowest BCUT2D eigenvalue weighted by Gasteiger charge is -2.11. The third kappa shape index (κ3) is 4.74. The van der Waals surface area contributed by atoms with Gasteiger partial charge in [-0.15, -0.1) is 11.3 Å². The van der Waals surface area contributed by atoms with Crippen molar-refractivity contribution in [3.63, 3.8) is 0 Å². The molecule has 102 valence electrons. The summed E-state index contributed by atoms with van der Waals surface area (Å²) in [5.41, 5.74) is 7.31. The molecule has 1 atom stereocenters. The molecule has 0 saturated heterocycles. The van der Waals surface area contributed by atoms with Crippen LogP contribution in [0.1, 0.15) is 5.69 Å². The predicted octanol–water partition coefficient (Wildman–Crippen LogP) is 2.57. The number of nitrogen functional groups attached to an aromatic ring is 1. The van der Waals surface area contributed by atoms with Crippen molar-refractivity contribution in [2.45, 2.75) is 17.4 Å². The van der Waals surface area contributed by atoms with Gasteiger partial charge in [0.05, 0.1) is 6.10 Å². The van der Waals surface area contributed by atoms with E-state index in [9.17, 15) is 5.11 Å². The van der Waals surface area contributed by atoms with Crippen LogP contribution in [0.5, 0.6) is 5.75 Å². The van der Waals surface area contributed by atoms with Gasteiger partial charge in [-0.2, -0.15) is 0 Å². The number of hydrogen-bond donors (Lipinski definition) is 2. The second-order valence-corrected chi connectivity index (χ2v) is 6.23. The first-order valence-corrected chi connectivity index (χ1v) is 7.71. The van der Waals surface area contributed by atoms with Crippen LogP contribution in [0.15, 0.2) is 34.0 Å². The van der Waals surface area contributed by atoms with E-state index in [1.54, 1.807) is 35.2 Å². The molecule has 0 amide bonds. The summed E-state index contributed by atoms with van der Waals surface area (Å²) in [5.74, 6) is 1.24. The van der Waals surface area contributed by atoms with Gasteiger partial charge < -0.3 is 15.6 Å². The molecule has 1 aromatic carbocycles. The van der Waals surface area contributed by atoms with Gasteiger partial charge in [-0.3, -0.25) is 0 Å². The number of hydrogen-bond acceptors (Lipinski definition) is 6. The summed E-state index contributed by atoms with van der Waals surface area (Å²) < 4.78 is 6.45. The summed E-state index contributed by atoms with van der Waals surface area (Å²) in [5, 5.41) is 11.8. The number of nitrogens with zero attached hydrogens (tertiary/aromatic N) is 1. The molecule has 0 radical (unpaired) electrons. The number of ether oxygens (including phenoxy) is 1. The van der Waals surface area contributed by atoms with Crippen molar-refractivity contribution in [2.24, 2.45) is 0 Å². The van der Waals surface area contributed by atoms with Gasteiger partial charge in [0.25, 0.3) is 0 Å². The lowest BCUT2D eigenvalue weighted by molar-refractivity contribution is 0.126. The second kappa shape index (κ2) is 6.79. The average molecular weight is 296 g/mol. The van der Waals surface area contributed by atoms with Crippen molar-refractivity contribution in [1.82, 2.24) is 4.98 Å². The highest BCUT2D eigenvalue weighted by Gasteiger charge is 2.08. The number of thiazole rings is 1. The minimum atomic E-state index is -0.532. The van der Waals surface area contributed by atoms with E-state index in [-0.39, 0.29) is 6.61 Å². The molecule has 0 saturated carbocycles. The van der Waals surface area contributed by atoms with Gasteiger partial charge in [-0.25, -0.2) is 4.98 Å². The molecule has 19 heavy (non-hydrogen) atoms. The third-order valence-electron chi connectivity index (χ3n) is 2.30. The molecule has 2 aromatic rings. The molecule has 4 nitrogen and oxygen atoms in total. The number of nitrogens with two attached hydrogens (primary N) is 1. The zero-order chi connectivity index (χ0) is 13.7. The molecule has 1 heterocycles. The fourth-order valence-electron chi connectivity index (χ4n) is 1.41. The number of aromatic nitrogens is 1. The Kier molecular flexibility index (Phi) is 5.07. The van der Waals surface area contributed by atoms with Crippen molar-refractivity contribution < 1.29 is 9.84 Å². The first kappa shape index (κ1) is 14.2. The first-order chi connectivity index (χ1) is 9.13. The Morgan fingerprint density at radius 2 is 2.37 bits per heavy atom. The molecule has 1 aromatic heterocycles. The summed E-state index contributed by atoms with van der Waals surface area (Å²) in [4.78, 5) is 4.33. The molecule has 0 aliphatic carbocycles. The molecule has 0 aliphatic rings. The Labute approximate surface area is 120 Å². The highest BCUT2D eigenvalue weighted by molar-refractivity contribution is 8.01. The van der Waals surface area contributed by atoms with Crippen molar-refractivity contribution in [3.05, 3.63) is 35.3 Å². The number of benzene rings is 1. The predicted molar refractivity (Wildman–Crippen MR) is 79.9 cm³/mol. The van der Waals surface area contributed by atoms with Crippen molar-refractivity contribution >= 4 is 28.8 Å². The average Bonchev–Trinajstić information content (AvgIpc) is 2.80. The van der Waals surface area contributed by atoms with E-state index in [0.717, 1.165) is 10.0 Å². The Bertz CT molecular complexity index is 531. The van der Waals surface area contributed by atoms with Gasteiger partial charge in [0.15, 0.2) is 0 Å². The van der Waals surface area contributed by atoms with Crippen LogP contribution in [-0.4, -0.2) is 28.6 Å². The largest absolute Gasteiger partial charge is 0.491 e. The zero-order valence-corrected chi connectivity index (χ0v) is 12.2. The van der Waals surface area contributed by atoms with E-state index < -0.39 is 6.10 Å². The number of rotatable bonds is 6. The van der Waals surface area contributed by atoms with Crippen LogP contribution < -0.4 is 10.5 Å². The van der Waals surface area contributed by atoms with E-state index in [1.807, 2.05) is 24.4 Å². The first-order valence-electron chi connectivity index (χ1n) is 5.85. The molecule has 0 bridgehead atoms. The molecular weight excluding hydrogens is 280 g/mol. The van der Waals surface area contributed by atoms with Gasteiger partial charge in [-0.05, 0) is 19.1 Å². The van der Waals surface area contributed by atoms with Gasteiger partial charge in [0, 0.05) is 28.6 Å². The van der Waals surface area contributed by atoms with Crippen LogP contribution in [0, 0.1) is 6.92 Å². The Balaban J connectivity index is 1.74. The minimum Gasteiger partial charge on any atom is -0.491 e. The summed E-state index contributed by atoms with van der Waals surface area (Å²) >= 11 is 3.13. The summed E-state index contributed by atoms with van der Waals surface area (Å²) in [6.45, 7) is 2.21. The molecular formula is C13H16N2O2S2. The molecule has 1 unspecified atom stereocenters. The molecule has 6 heteroatoms. The summed E-state index contributed by atoms with van der Waals surface area (Å²) in [6, 6.07) is 7.18. The van der Waals surface area contributed by atoms with Gasteiger partial charge in [0.1, 0.15) is 16.7 Å². The van der Waals surface area contributed by atoms with Crippen LogP contribution in [0.3, 0.4) is 0 Å². The maximum absolute atomic E-state index is 9.85. The molecule has 0 fully saturated rings. The zero-order valence-electron chi connectivity index (χ0n) is 10.6. The normalized spacial score (nSPS) is 12.3. The Hall–Kier alpha value is -1.24. The Morgan fingerprint density at radius 3 is 3.05 bits per heavy atom. The maximum Gasteiger partial charge on any atom is 0.150 e. The van der Waals surface area contributed by atoms with E-state index in [4.69, 9.17) is 10.5 Å². The van der Waals surface area contributed by atoms with Crippen LogP contribution in [0.4, 0.5) is 5.69 Å². The molecule has 0 aliphatic heterocycles. The maximum atomic E-state index is 9.85. The van der Waals surface area contributed by atoms with E-state index >= 15 is 0 Å². The number of aliphatic hydroxyl groups is 1. The minimum absolute atomic E-state index is 0.251. The highest BCUT2D eigenvalue weighted by Crippen LogP contribution is 2.23. The fourth-order valence-corrected chi connectivity index (χ4v) is 3.19. The molecule has 2 rings (SSSR count). The second-order valence-electron chi connectivity index (χ2n) is 4.10. The molecule has 0 spiro atoms. The van der Waals surface area contributed by atoms with E-state index in [2.05, 4.69) is 4.98 Å². The highest BCUT2D eigenvalue weighted by atomic mass is 32.2. The smallest absolute Gasteiger partial charge is 0.150 e. The van der Waals surface area contributed by atoms with Crippen LogP contribution in [-0.2, 0) is 0 Å².